The lowest BCUT2D eigenvalue weighted by Gasteiger charge is -2.19. The molecular weight excluding hydrogens is 332 g/mol. The molecule has 0 radical (unpaired) electrons. The average molecular weight is 359 g/mol. The summed E-state index contributed by atoms with van der Waals surface area (Å²) >= 11 is 9.63. The van der Waals surface area contributed by atoms with E-state index >= 15 is 0 Å². The Labute approximate surface area is 156 Å². The van der Waals surface area contributed by atoms with Crippen LogP contribution >= 0.6 is 24.8 Å². The highest BCUT2D eigenvalue weighted by molar-refractivity contribution is 7.80. The third kappa shape index (κ3) is 6.17. The summed E-state index contributed by atoms with van der Waals surface area (Å²) in [5, 5.41) is 7.21. The first-order chi connectivity index (χ1) is 11.3. The summed E-state index contributed by atoms with van der Waals surface area (Å²) in [6.45, 7) is 8.24. The van der Waals surface area contributed by atoms with Gasteiger partial charge in [0, 0.05) is 18.0 Å². The Morgan fingerprint density at radius 1 is 0.917 bits per heavy atom. The Hall–Kier alpha value is -1.52. The maximum absolute atomic E-state index is 5.34. The van der Waals surface area contributed by atoms with E-state index in [4.69, 9.17) is 12.2 Å². The van der Waals surface area contributed by atoms with E-state index in [0.717, 1.165) is 24.4 Å². The zero-order valence-electron chi connectivity index (χ0n) is 14.6. The van der Waals surface area contributed by atoms with Crippen LogP contribution in [0.25, 0.3) is 0 Å². The first kappa shape index (κ1) is 18.8. The van der Waals surface area contributed by atoms with E-state index in [1.165, 1.54) is 16.7 Å². The molecule has 0 aromatic heterocycles. The van der Waals surface area contributed by atoms with Crippen molar-refractivity contribution in [3.8, 4) is 0 Å². The van der Waals surface area contributed by atoms with Crippen LogP contribution in [0.5, 0.6) is 0 Å². The Morgan fingerprint density at radius 3 is 2.08 bits per heavy atom. The van der Waals surface area contributed by atoms with E-state index in [1.807, 2.05) is 12.1 Å². The molecule has 0 saturated heterocycles. The van der Waals surface area contributed by atoms with Crippen molar-refractivity contribution in [3.63, 3.8) is 0 Å². The maximum Gasteiger partial charge on any atom is 0.166 e. The van der Waals surface area contributed by atoms with Gasteiger partial charge < -0.3 is 10.6 Å². The summed E-state index contributed by atoms with van der Waals surface area (Å²) in [6.07, 6.45) is 0.941. The van der Waals surface area contributed by atoms with Crippen molar-refractivity contribution < 1.29 is 0 Å². The summed E-state index contributed by atoms with van der Waals surface area (Å²) in [6, 6.07) is 16.9. The van der Waals surface area contributed by atoms with Crippen molar-refractivity contribution in [2.75, 3.05) is 6.54 Å². The number of hydrogen-bond donors (Lipinski definition) is 3. The first-order valence-electron chi connectivity index (χ1n) is 8.23. The van der Waals surface area contributed by atoms with E-state index in [2.05, 4.69) is 80.4 Å². The fourth-order valence-electron chi connectivity index (χ4n) is 2.35. The molecule has 24 heavy (non-hydrogen) atoms. The van der Waals surface area contributed by atoms with E-state index < -0.39 is 0 Å². The van der Waals surface area contributed by atoms with Crippen LogP contribution in [-0.2, 0) is 18.4 Å². The summed E-state index contributed by atoms with van der Waals surface area (Å²) < 4.78 is 0. The number of rotatable bonds is 5. The van der Waals surface area contributed by atoms with Crippen LogP contribution in [-0.4, -0.2) is 11.7 Å². The van der Waals surface area contributed by atoms with Gasteiger partial charge in [-0.3, -0.25) is 0 Å². The number of benzene rings is 2. The maximum atomic E-state index is 5.34. The van der Waals surface area contributed by atoms with Gasteiger partial charge in [0.2, 0.25) is 0 Å². The molecule has 0 aliphatic heterocycles. The van der Waals surface area contributed by atoms with Gasteiger partial charge in [-0.25, -0.2) is 0 Å². The molecule has 0 unspecified atom stereocenters. The van der Waals surface area contributed by atoms with Crippen LogP contribution in [0.15, 0.2) is 53.4 Å². The molecular formula is C20H26N2S2. The average Bonchev–Trinajstić information content (AvgIpc) is 2.54. The minimum absolute atomic E-state index is 0.188. The smallest absolute Gasteiger partial charge is 0.166 e. The minimum Gasteiger partial charge on any atom is -0.362 e. The van der Waals surface area contributed by atoms with Gasteiger partial charge in [0.25, 0.3) is 0 Å². The van der Waals surface area contributed by atoms with Gasteiger partial charge in [-0.15, -0.1) is 12.6 Å². The van der Waals surface area contributed by atoms with E-state index in [1.54, 1.807) is 0 Å². The quantitative estimate of drug-likeness (QED) is 0.543. The van der Waals surface area contributed by atoms with Gasteiger partial charge in [0.15, 0.2) is 5.11 Å². The lowest BCUT2D eigenvalue weighted by Crippen LogP contribution is -2.35. The zero-order chi connectivity index (χ0) is 17.6. The second kappa shape index (κ2) is 8.54. The van der Waals surface area contributed by atoms with Crippen LogP contribution < -0.4 is 10.6 Å². The Balaban J connectivity index is 1.72. The van der Waals surface area contributed by atoms with E-state index in [9.17, 15) is 0 Å². The molecule has 0 aliphatic carbocycles. The molecule has 0 atom stereocenters. The second-order valence-corrected chi connectivity index (χ2v) is 7.90. The van der Waals surface area contributed by atoms with Crippen LogP contribution in [0, 0.1) is 0 Å². The highest BCUT2D eigenvalue weighted by Crippen LogP contribution is 2.22. The number of thiol groups is 1. The van der Waals surface area contributed by atoms with E-state index in [0.29, 0.717) is 5.11 Å². The standard InChI is InChI=1S/C20H26N2S2/c1-20(2,3)17-8-4-16(5-9-17)14-22-19(24)21-13-12-15-6-10-18(23)11-7-15/h4-11,23H,12-14H2,1-3H3,(H2,21,22,24). The normalized spacial score (nSPS) is 11.2. The third-order valence-electron chi connectivity index (χ3n) is 3.91. The van der Waals surface area contributed by atoms with Gasteiger partial charge >= 0.3 is 0 Å². The molecule has 128 valence electrons. The Morgan fingerprint density at radius 2 is 1.50 bits per heavy atom. The summed E-state index contributed by atoms with van der Waals surface area (Å²) in [5.41, 5.74) is 4.05. The lowest BCUT2D eigenvalue weighted by molar-refractivity contribution is 0.590. The lowest BCUT2D eigenvalue weighted by atomic mass is 9.87. The van der Waals surface area contributed by atoms with Gasteiger partial charge in [0.1, 0.15) is 0 Å². The topological polar surface area (TPSA) is 24.1 Å². The minimum atomic E-state index is 0.188. The fourth-order valence-corrected chi connectivity index (χ4v) is 2.67. The zero-order valence-corrected chi connectivity index (χ0v) is 16.3. The van der Waals surface area contributed by atoms with Gasteiger partial charge in [-0.2, -0.15) is 0 Å². The Kier molecular flexibility index (Phi) is 6.69. The second-order valence-electron chi connectivity index (χ2n) is 6.97. The predicted molar refractivity (Wildman–Crippen MR) is 110 cm³/mol. The molecule has 0 spiro atoms. The first-order valence-corrected chi connectivity index (χ1v) is 9.09. The molecule has 0 amide bonds. The molecule has 0 aliphatic rings. The molecule has 4 heteroatoms. The van der Waals surface area contributed by atoms with Crippen LogP contribution in [0.4, 0.5) is 0 Å². The van der Waals surface area contributed by atoms with Crippen molar-refractivity contribution >= 4 is 30.0 Å². The van der Waals surface area contributed by atoms with Crippen molar-refractivity contribution in [2.24, 2.45) is 0 Å². The summed E-state index contributed by atoms with van der Waals surface area (Å²) in [7, 11) is 0. The molecule has 2 rings (SSSR count). The third-order valence-corrected chi connectivity index (χ3v) is 4.50. The molecule has 0 fully saturated rings. The highest BCUT2D eigenvalue weighted by Gasteiger charge is 2.12. The van der Waals surface area contributed by atoms with Gasteiger partial charge in [-0.05, 0) is 52.9 Å². The summed E-state index contributed by atoms with van der Waals surface area (Å²) in [4.78, 5) is 0.987. The molecule has 2 aromatic carbocycles. The molecule has 2 aromatic rings. The van der Waals surface area contributed by atoms with Crippen molar-refractivity contribution in [1.29, 1.82) is 0 Å². The number of hydrogen-bond acceptors (Lipinski definition) is 2. The van der Waals surface area contributed by atoms with Crippen molar-refractivity contribution in [3.05, 3.63) is 65.2 Å². The highest BCUT2D eigenvalue weighted by atomic mass is 32.1. The van der Waals surface area contributed by atoms with Crippen molar-refractivity contribution in [2.45, 2.75) is 44.0 Å². The molecule has 0 heterocycles. The number of nitrogens with one attached hydrogen (secondary N) is 2. The van der Waals surface area contributed by atoms with Crippen LogP contribution in [0.2, 0.25) is 0 Å². The Bertz CT molecular complexity index is 656. The fraction of sp³-hybridized carbons (Fsp3) is 0.350. The summed E-state index contributed by atoms with van der Waals surface area (Å²) in [5.74, 6) is 0. The number of thiocarbonyl (C=S) groups is 1. The van der Waals surface area contributed by atoms with Gasteiger partial charge in [-0.1, -0.05) is 57.2 Å². The molecule has 0 saturated carbocycles. The monoisotopic (exact) mass is 358 g/mol. The molecule has 2 N–H and O–H groups in total. The van der Waals surface area contributed by atoms with Gasteiger partial charge in [0.05, 0.1) is 0 Å². The van der Waals surface area contributed by atoms with Crippen LogP contribution in [0.3, 0.4) is 0 Å². The molecule has 0 bridgehead atoms. The largest absolute Gasteiger partial charge is 0.362 e. The SMILES string of the molecule is CC(C)(C)c1ccc(CNC(=S)NCCc2ccc(S)cc2)cc1. The predicted octanol–water partition coefficient (Wildman–Crippen LogP) is 4.48. The van der Waals surface area contributed by atoms with Crippen molar-refractivity contribution in [1.82, 2.24) is 10.6 Å². The molecule has 2 nitrogen and oxygen atoms in total. The van der Waals surface area contributed by atoms with E-state index in [-0.39, 0.29) is 5.41 Å². The van der Waals surface area contributed by atoms with Crippen LogP contribution in [0.1, 0.15) is 37.5 Å².